The van der Waals surface area contributed by atoms with Gasteiger partial charge in [0.05, 0.1) is 18.0 Å². The minimum Gasteiger partial charge on any atom is -0.492 e. The summed E-state index contributed by atoms with van der Waals surface area (Å²) in [5.41, 5.74) is 1.67. The fourth-order valence-electron chi connectivity index (χ4n) is 5.35. The zero-order valence-corrected chi connectivity index (χ0v) is 24.6. The Bertz CT molecular complexity index is 1620. The summed E-state index contributed by atoms with van der Waals surface area (Å²) < 4.78 is 11.1. The second kappa shape index (κ2) is 12.3. The molecule has 0 saturated heterocycles. The van der Waals surface area contributed by atoms with Crippen LogP contribution in [0.4, 0.5) is 11.4 Å². The number of nitro groups is 1. The number of allylic oxidation sites excluding steroid dienone is 3. The Labute approximate surface area is 249 Å². The largest absolute Gasteiger partial charge is 0.492 e. The Morgan fingerprint density at radius 1 is 1.12 bits per heavy atom. The number of rotatable bonds is 9. The van der Waals surface area contributed by atoms with Crippen molar-refractivity contribution in [1.82, 2.24) is 4.90 Å². The summed E-state index contributed by atoms with van der Waals surface area (Å²) in [6.07, 6.45) is 2.53. The Morgan fingerprint density at radius 3 is 2.44 bits per heavy atom. The zero-order chi connectivity index (χ0) is 31.5. The number of nitriles is 1. The molecule has 1 atom stereocenters. The number of fused-ring (bicyclic) bond motifs is 1. The van der Waals surface area contributed by atoms with Crippen LogP contribution in [0.15, 0.2) is 83.1 Å². The summed E-state index contributed by atoms with van der Waals surface area (Å²) in [6.45, 7) is 8.66. The second-order valence-electron chi connectivity index (χ2n) is 10.8. The molecule has 2 heterocycles. The van der Waals surface area contributed by atoms with Crippen LogP contribution in [0.25, 0.3) is 0 Å². The number of nitrogens with zero attached hydrogens (tertiary/aromatic N) is 4. The van der Waals surface area contributed by atoms with Gasteiger partial charge in [-0.15, -0.1) is 0 Å². The SMILES string of the molecule is CC(=O)OC(C)CN1C(=O)C(C#N)=C(C)/C(=C/C=C2/N(CCOc3ccccc3)c3ccc([N+](=O)[O-])cc3C2(C)C)C1=O. The van der Waals surface area contributed by atoms with Gasteiger partial charge in [0.1, 0.15) is 30.1 Å². The van der Waals surface area contributed by atoms with Gasteiger partial charge in [-0.25, -0.2) is 0 Å². The lowest BCUT2D eigenvalue weighted by Gasteiger charge is -2.30. The van der Waals surface area contributed by atoms with Crippen molar-refractivity contribution >= 4 is 29.2 Å². The molecule has 0 fully saturated rings. The van der Waals surface area contributed by atoms with Gasteiger partial charge in [-0.3, -0.25) is 29.4 Å². The molecule has 0 bridgehead atoms. The number of carbonyl (C=O) groups is 3. The first-order valence-corrected chi connectivity index (χ1v) is 13.7. The molecule has 11 nitrogen and oxygen atoms in total. The number of non-ortho nitro benzene ring substituents is 1. The van der Waals surface area contributed by atoms with E-state index in [1.54, 1.807) is 31.2 Å². The lowest BCUT2D eigenvalue weighted by atomic mass is 9.83. The maximum absolute atomic E-state index is 13.6. The van der Waals surface area contributed by atoms with Gasteiger partial charge < -0.3 is 14.4 Å². The van der Waals surface area contributed by atoms with Gasteiger partial charge in [0.25, 0.3) is 17.5 Å². The van der Waals surface area contributed by atoms with E-state index in [-0.39, 0.29) is 29.0 Å². The fourth-order valence-corrected chi connectivity index (χ4v) is 5.35. The van der Waals surface area contributed by atoms with Gasteiger partial charge in [-0.2, -0.15) is 5.26 Å². The first-order valence-electron chi connectivity index (χ1n) is 13.7. The number of ether oxygens (including phenoxy) is 2. The van der Waals surface area contributed by atoms with E-state index in [2.05, 4.69) is 0 Å². The molecule has 2 aromatic carbocycles. The highest BCUT2D eigenvalue weighted by Gasteiger charge is 2.41. The van der Waals surface area contributed by atoms with Gasteiger partial charge in [0.15, 0.2) is 0 Å². The molecule has 222 valence electrons. The summed E-state index contributed by atoms with van der Waals surface area (Å²) in [5, 5.41) is 21.3. The third-order valence-corrected chi connectivity index (χ3v) is 7.45. The average Bonchev–Trinajstić information content (AvgIpc) is 3.16. The van der Waals surface area contributed by atoms with Crippen molar-refractivity contribution in [2.24, 2.45) is 0 Å². The van der Waals surface area contributed by atoms with Crippen molar-refractivity contribution in [3.63, 3.8) is 0 Å². The molecule has 0 aliphatic carbocycles. The van der Waals surface area contributed by atoms with Crippen LogP contribution < -0.4 is 9.64 Å². The third kappa shape index (κ3) is 6.18. The van der Waals surface area contributed by atoms with E-state index < -0.39 is 34.2 Å². The average molecular weight is 585 g/mol. The highest BCUT2D eigenvalue weighted by Crippen LogP contribution is 2.49. The molecule has 4 rings (SSSR count). The highest BCUT2D eigenvalue weighted by molar-refractivity contribution is 6.18. The number of benzene rings is 2. The molecule has 2 aliphatic rings. The molecule has 11 heteroatoms. The van der Waals surface area contributed by atoms with Gasteiger partial charge in [0, 0.05) is 41.4 Å². The molecule has 1 unspecified atom stereocenters. The lowest BCUT2D eigenvalue weighted by Crippen LogP contribution is -2.46. The van der Waals surface area contributed by atoms with Crippen LogP contribution >= 0.6 is 0 Å². The number of carbonyl (C=O) groups excluding carboxylic acids is 3. The first-order chi connectivity index (χ1) is 20.4. The van der Waals surface area contributed by atoms with Gasteiger partial charge in [-0.05, 0) is 55.3 Å². The lowest BCUT2D eigenvalue weighted by molar-refractivity contribution is -0.384. The molecule has 0 N–H and O–H groups in total. The minimum atomic E-state index is -0.775. The Hall–Kier alpha value is -5.24. The number of hydrogen-bond donors (Lipinski definition) is 0. The normalized spacial score (nSPS) is 18.5. The molecule has 0 saturated carbocycles. The van der Waals surface area contributed by atoms with Crippen LogP contribution in [0, 0.1) is 21.4 Å². The summed E-state index contributed by atoms with van der Waals surface area (Å²) in [7, 11) is 0. The van der Waals surface area contributed by atoms with Crippen molar-refractivity contribution in [2.75, 3.05) is 24.6 Å². The van der Waals surface area contributed by atoms with Gasteiger partial charge >= 0.3 is 5.97 Å². The minimum absolute atomic E-state index is 0.0390. The molecule has 2 aliphatic heterocycles. The van der Waals surface area contributed by atoms with Gasteiger partial charge in [-0.1, -0.05) is 32.0 Å². The topological polar surface area (TPSA) is 143 Å². The number of para-hydroxylation sites is 1. The van der Waals surface area contributed by atoms with Crippen LogP contribution in [0.1, 0.15) is 40.2 Å². The standard InChI is InChI=1S/C32H32N4O7/c1-20(43-22(3)37)19-35-30(38)25(21(2)26(18-33)31(35)39)12-14-29-32(4,5)27-17-23(36(40)41)11-13-28(27)34(29)15-16-42-24-9-7-6-8-10-24/h6-14,17,20H,15-16,19H2,1-5H3/b25-12-,29-14+. The Kier molecular flexibility index (Phi) is 8.80. The number of esters is 1. The summed E-state index contributed by atoms with van der Waals surface area (Å²) in [4.78, 5) is 52.0. The predicted molar refractivity (Wildman–Crippen MR) is 158 cm³/mol. The summed E-state index contributed by atoms with van der Waals surface area (Å²) >= 11 is 0. The Balaban J connectivity index is 1.76. The summed E-state index contributed by atoms with van der Waals surface area (Å²) in [6, 6.07) is 15.9. The van der Waals surface area contributed by atoms with Crippen LogP contribution in [-0.2, 0) is 24.5 Å². The molecule has 2 amide bonds. The molecular weight excluding hydrogens is 552 g/mol. The van der Waals surface area contributed by atoms with Crippen molar-refractivity contribution in [1.29, 1.82) is 5.26 Å². The number of amides is 2. The van der Waals surface area contributed by atoms with E-state index in [0.29, 0.717) is 18.9 Å². The maximum atomic E-state index is 13.6. The van der Waals surface area contributed by atoms with Crippen molar-refractivity contribution in [2.45, 2.75) is 46.1 Å². The fraction of sp³-hybridized carbons (Fsp3) is 0.312. The molecule has 0 radical (unpaired) electrons. The maximum Gasteiger partial charge on any atom is 0.302 e. The number of imide groups is 1. The van der Waals surface area contributed by atoms with E-state index in [0.717, 1.165) is 21.8 Å². The quantitative estimate of drug-likeness (QED) is 0.134. The van der Waals surface area contributed by atoms with E-state index in [4.69, 9.17) is 9.47 Å². The monoisotopic (exact) mass is 584 g/mol. The molecule has 43 heavy (non-hydrogen) atoms. The number of nitro benzene ring substituents is 1. The van der Waals surface area contributed by atoms with Crippen molar-refractivity contribution in [3.8, 4) is 11.8 Å². The van der Waals surface area contributed by atoms with Crippen LogP contribution in [0.5, 0.6) is 5.75 Å². The van der Waals surface area contributed by atoms with Gasteiger partial charge in [0.2, 0.25) is 0 Å². The zero-order valence-electron chi connectivity index (χ0n) is 24.6. The Morgan fingerprint density at radius 2 is 1.81 bits per heavy atom. The molecule has 2 aromatic rings. The van der Waals surface area contributed by atoms with E-state index in [1.165, 1.54) is 19.9 Å². The number of hydrogen-bond acceptors (Lipinski definition) is 9. The smallest absolute Gasteiger partial charge is 0.302 e. The van der Waals surface area contributed by atoms with Crippen molar-refractivity contribution in [3.05, 3.63) is 98.8 Å². The van der Waals surface area contributed by atoms with Crippen LogP contribution in [0.2, 0.25) is 0 Å². The van der Waals surface area contributed by atoms with E-state index in [1.807, 2.05) is 55.1 Å². The third-order valence-electron chi connectivity index (χ3n) is 7.45. The number of anilines is 1. The molecule has 0 spiro atoms. The van der Waals surface area contributed by atoms with Crippen LogP contribution in [0.3, 0.4) is 0 Å². The van der Waals surface area contributed by atoms with E-state index in [9.17, 15) is 29.8 Å². The van der Waals surface area contributed by atoms with Crippen molar-refractivity contribution < 1.29 is 28.8 Å². The summed E-state index contributed by atoms with van der Waals surface area (Å²) in [5.74, 6) is -1.24. The molecular formula is C32H32N4O7. The predicted octanol–water partition coefficient (Wildman–Crippen LogP) is 4.74. The molecule has 0 aromatic heterocycles. The van der Waals surface area contributed by atoms with Crippen LogP contribution in [-0.4, -0.2) is 53.4 Å². The highest BCUT2D eigenvalue weighted by atomic mass is 16.6. The first kappa shape index (κ1) is 30.7. The second-order valence-corrected chi connectivity index (χ2v) is 10.8. The van der Waals surface area contributed by atoms with E-state index >= 15 is 0 Å².